The van der Waals surface area contributed by atoms with Gasteiger partial charge in [0.1, 0.15) is 16.5 Å². The molecule has 2 aromatic rings. The van der Waals surface area contributed by atoms with Crippen LogP contribution in [-0.4, -0.2) is 4.98 Å². The average Bonchev–Trinajstić information content (AvgIpc) is 2.46. The molecule has 1 aromatic carbocycles. The summed E-state index contributed by atoms with van der Waals surface area (Å²) < 4.78 is 14.0. The van der Waals surface area contributed by atoms with Crippen molar-refractivity contribution in [2.24, 2.45) is 0 Å². The van der Waals surface area contributed by atoms with Crippen LogP contribution in [0.25, 0.3) is 11.3 Å². The van der Waals surface area contributed by atoms with Gasteiger partial charge in [0, 0.05) is 5.56 Å². The van der Waals surface area contributed by atoms with E-state index in [-0.39, 0.29) is 5.82 Å². The van der Waals surface area contributed by atoms with Crippen molar-refractivity contribution in [3.63, 3.8) is 0 Å². The summed E-state index contributed by atoms with van der Waals surface area (Å²) in [6, 6.07) is 6.44. The van der Waals surface area contributed by atoms with Crippen LogP contribution in [0.1, 0.15) is 0 Å². The van der Waals surface area contributed by atoms with Crippen LogP contribution in [0.3, 0.4) is 0 Å². The number of nitrogens with zero attached hydrogens (tertiary/aromatic N) is 1. The first-order valence-corrected chi connectivity index (χ1v) is 5.46. The zero-order valence-electron chi connectivity index (χ0n) is 7.00. The van der Waals surface area contributed by atoms with E-state index in [1.165, 1.54) is 17.4 Å². The molecule has 0 saturated carbocycles. The molecule has 1 heterocycles. The van der Waals surface area contributed by atoms with E-state index in [1.54, 1.807) is 18.2 Å². The van der Waals surface area contributed by atoms with Gasteiger partial charge in [0.05, 0.1) is 0 Å². The zero-order chi connectivity index (χ0) is 10.1. The third kappa shape index (κ3) is 1.65. The molecule has 0 bridgehead atoms. The normalized spacial score (nSPS) is 10.4. The molecule has 2 rings (SSSR count). The van der Waals surface area contributed by atoms with Gasteiger partial charge in [-0.1, -0.05) is 23.5 Å². The molecule has 2 N–H and O–H groups in total. The number of nitrogens with two attached hydrogens (primary N) is 1. The lowest BCUT2D eigenvalue weighted by Crippen LogP contribution is -1.88. The Labute approximate surface area is 92.7 Å². The Morgan fingerprint density at radius 2 is 2.07 bits per heavy atom. The van der Waals surface area contributed by atoms with E-state index in [4.69, 9.17) is 5.73 Å². The summed E-state index contributed by atoms with van der Waals surface area (Å²) >= 11 is 4.50. The molecule has 72 valence electrons. The maximum absolute atomic E-state index is 13.4. The number of benzene rings is 1. The molecule has 0 aliphatic carbocycles. The second kappa shape index (κ2) is 3.67. The zero-order valence-corrected chi connectivity index (χ0v) is 9.40. The SMILES string of the molecule is Nc1sc(Br)nc1-c1ccccc1F. The van der Waals surface area contributed by atoms with Gasteiger partial charge in [-0.25, -0.2) is 9.37 Å². The molecular weight excluding hydrogens is 267 g/mol. The van der Waals surface area contributed by atoms with Crippen LogP contribution in [0, 0.1) is 5.82 Å². The van der Waals surface area contributed by atoms with Crippen LogP contribution in [-0.2, 0) is 0 Å². The topological polar surface area (TPSA) is 38.9 Å². The van der Waals surface area contributed by atoms with E-state index in [1.807, 2.05) is 0 Å². The van der Waals surface area contributed by atoms with E-state index in [0.29, 0.717) is 20.2 Å². The Kier molecular flexibility index (Phi) is 2.52. The second-order valence-electron chi connectivity index (χ2n) is 2.66. The van der Waals surface area contributed by atoms with Crippen molar-refractivity contribution >= 4 is 32.3 Å². The lowest BCUT2D eigenvalue weighted by molar-refractivity contribution is 0.631. The number of aromatic nitrogens is 1. The molecule has 0 aliphatic heterocycles. The minimum absolute atomic E-state index is 0.308. The van der Waals surface area contributed by atoms with Crippen LogP contribution < -0.4 is 5.73 Å². The third-order valence-corrected chi connectivity index (χ3v) is 3.09. The Morgan fingerprint density at radius 1 is 1.36 bits per heavy atom. The summed E-state index contributed by atoms with van der Waals surface area (Å²) in [5, 5.41) is 0.516. The smallest absolute Gasteiger partial charge is 0.161 e. The van der Waals surface area contributed by atoms with Crippen LogP contribution >= 0.6 is 27.3 Å². The Morgan fingerprint density at radius 3 is 2.64 bits per heavy atom. The van der Waals surface area contributed by atoms with Gasteiger partial charge in [-0.15, -0.1) is 0 Å². The molecule has 0 aliphatic rings. The highest BCUT2D eigenvalue weighted by molar-refractivity contribution is 9.11. The monoisotopic (exact) mass is 272 g/mol. The number of thiazole rings is 1. The fourth-order valence-corrected chi connectivity index (χ4v) is 2.42. The third-order valence-electron chi connectivity index (χ3n) is 1.76. The van der Waals surface area contributed by atoms with E-state index < -0.39 is 0 Å². The number of nitrogen functional groups attached to an aromatic ring is 1. The predicted molar refractivity (Wildman–Crippen MR) is 59.6 cm³/mol. The Balaban J connectivity index is 2.60. The van der Waals surface area contributed by atoms with E-state index in [9.17, 15) is 4.39 Å². The Hall–Kier alpha value is -0.940. The van der Waals surface area contributed by atoms with Crippen LogP contribution in [0.5, 0.6) is 0 Å². The first-order chi connectivity index (χ1) is 6.68. The highest BCUT2D eigenvalue weighted by Crippen LogP contribution is 2.34. The van der Waals surface area contributed by atoms with Crippen LogP contribution in [0.2, 0.25) is 0 Å². The van der Waals surface area contributed by atoms with Crippen molar-refractivity contribution in [3.05, 3.63) is 34.0 Å². The summed E-state index contributed by atoms with van der Waals surface area (Å²) in [4.78, 5) is 4.11. The summed E-state index contributed by atoms with van der Waals surface area (Å²) in [7, 11) is 0. The summed E-state index contributed by atoms with van der Waals surface area (Å²) in [6.07, 6.45) is 0. The maximum Gasteiger partial charge on any atom is 0.161 e. The van der Waals surface area contributed by atoms with Gasteiger partial charge in [0.2, 0.25) is 0 Å². The largest absolute Gasteiger partial charge is 0.389 e. The van der Waals surface area contributed by atoms with Crippen molar-refractivity contribution in [1.82, 2.24) is 4.98 Å². The average molecular weight is 273 g/mol. The molecule has 0 spiro atoms. The minimum atomic E-state index is -0.308. The number of hydrogen-bond acceptors (Lipinski definition) is 3. The fourth-order valence-electron chi connectivity index (χ4n) is 1.15. The molecular formula is C9H6BrFN2S. The second-order valence-corrected chi connectivity index (χ2v) is 4.97. The lowest BCUT2D eigenvalue weighted by Gasteiger charge is -1.99. The first kappa shape index (κ1) is 9.61. The molecule has 0 saturated heterocycles. The van der Waals surface area contributed by atoms with Gasteiger partial charge >= 0.3 is 0 Å². The molecule has 0 atom stereocenters. The van der Waals surface area contributed by atoms with Crippen molar-refractivity contribution in [2.45, 2.75) is 0 Å². The van der Waals surface area contributed by atoms with Gasteiger partial charge in [-0.3, -0.25) is 0 Å². The number of rotatable bonds is 1. The van der Waals surface area contributed by atoms with E-state index in [2.05, 4.69) is 20.9 Å². The summed E-state index contributed by atoms with van der Waals surface area (Å²) in [5.74, 6) is -0.308. The molecule has 0 amide bonds. The first-order valence-electron chi connectivity index (χ1n) is 3.85. The quantitative estimate of drug-likeness (QED) is 0.865. The van der Waals surface area contributed by atoms with Gasteiger partial charge < -0.3 is 5.73 Å². The highest BCUT2D eigenvalue weighted by Gasteiger charge is 2.12. The molecule has 2 nitrogen and oxygen atoms in total. The molecule has 0 radical (unpaired) electrons. The molecule has 5 heteroatoms. The van der Waals surface area contributed by atoms with E-state index >= 15 is 0 Å². The number of anilines is 1. The maximum atomic E-state index is 13.4. The summed E-state index contributed by atoms with van der Waals surface area (Å²) in [5.41, 5.74) is 6.64. The number of halogens is 2. The minimum Gasteiger partial charge on any atom is -0.389 e. The van der Waals surface area contributed by atoms with Crippen LogP contribution in [0.4, 0.5) is 9.39 Å². The van der Waals surface area contributed by atoms with E-state index in [0.717, 1.165) is 0 Å². The van der Waals surface area contributed by atoms with Crippen molar-refractivity contribution < 1.29 is 4.39 Å². The number of hydrogen-bond donors (Lipinski definition) is 1. The van der Waals surface area contributed by atoms with Crippen molar-refractivity contribution in [2.75, 3.05) is 5.73 Å². The molecule has 14 heavy (non-hydrogen) atoms. The molecule has 0 fully saturated rings. The van der Waals surface area contributed by atoms with Crippen molar-refractivity contribution in [1.29, 1.82) is 0 Å². The summed E-state index contributed by atoms with van der Waals surface area (Å²) in [6.45, 7) is 0. The Bertz CT molecular complexity index is 470. The fraction of sp³-hybridized carbons (Fsp3) is 0. The highest BCUT2D eigenvalue weighted by atomic mass is 79.9. The van der Waals surface area contributed by atoms with Gasteiger partial charge in [-0.2, -0.15) is 0 Å². The standard InChI is InChI=1S/C9H6BrFN2S/c10-9-13-7(8(12)14-9)5-3-1-2-4-6(5)11/h1-4H,12H2. The van der Waals surface area contributed by atoms with Gasteiger partial charge in [-0.05, 0) is 28.1 Å². The van der Waals surface area contributed by atoms with Gasteiger partial charge in [0.15, 0.2) is 3.92 Å². The van der Waals surface area contributed by atoms with Crippen molar-refractivity contribution in [3.8, 4) is 11.3 Å². The van der Waals surface area contributed by atoms with Gasteiger partial charge in [0.25, 0.3) is 0 Å². The molecule has 1 aromatic heterocycles. The van der Waals surface area contributed by atoms with Crippen LogP contribution in [0.15, 0.2) is 28.2 Å². The predicted octanol–water partition coefficient (Wildman–Crippen LogP) is 3.29. The molecule has 0 unspecified atom stereocenters. The lowest BCUT2D eigenvalue weighted by atomic mass is 10.1.